The van der Waals surface area contributed by atoms with E-state index >= 15 is 0 Å². The first-order chi connectivity index (χ1) is 18.1. The van der Waals surface area contributed by atoms with Gasteiger partial charge in [-0.3, -0.25) is 9.59 Å². The Labute approximate surface area is 250 Å². The van der Waals surface area contributed by atoms with E-state index < -0.39 is 0 Å². The van der Waals surface area contributed by atoms with Gasteiger partial charge in [0.1, 0.15) is 11.4 Å². The zero-order chi connectivity index (χ0) is 27.4. The number of carbonyl (C=O) groups excluding carboxylic acids is 2. The predicted octanol–water partition coefficient (Wildman–Crippen LogP) is 4.32. The van der Waals surface area contributed by atoms with E-state index in [1.54, 1.807) is 18.3 Å². The molecule has 0 saturated heterocycles. The number of hydrogen-bond acceptors (Lipinski definition) is 6. The molecule has 10 N–H and O–H groups in total. The normalized spacial score (nSPS) is 12.0. The number of nitrogens with one attached hydrogen (secondary N) is 6. The first-order valence-corrected chi connectivity index (χ1v) is 14.6. The van der Waals surface area contributed by atoms with Crippen LogP contribution in [0.25, 0.3) is 0 Å². The number of hydrogen-bond donors (Lipinski definition) is 8. The van der Waals surface area contributed by atoms with E-state index in [0.29, 0.717) is 52.9 Å². The van der Waals surface area contributed by atoms with Crippen molar-refractivity contribution in [1.29, 1.82) is 0 Å². The molecule has 2 amide bonds. The number of halogens is 4. The Kier molecular flexibility index (Phi) is 9.38. The minimum atomic E-state index is -0.256. The van der Waals surface area contributed by atoms with Crippen LogP contribution < -0.4 is 22.1 Å². The molecule has 4 aromatic heterocycles. The second-order valence-electron chi connectivity index (χ2n) is 8.36. The molecule has 0 unspecified atom stereocenters. The van der Waals surface area contributed by atoms with Crippen molar-refractivity contribution in [2.24, 2.45) is 0 Å². The molecule has 0 saturated carbocycles. The number of carbonyl (C=O) groups is 2. The summed E-state index contributed by atoms with van der Waals surface area (Å²) >= 11 is 13.4. The van der Waals surface area contributed by atoms with Crippen molar-refractivity contribution in [1.82, 2.24) is 40.5 Å². The van der Waals surface area contributed by atoms with Crippen molar-refractivity contribution < 1.29 is 9.59 Å². The van der Waals surface area contributed by atoms with E-state index in [9.17, 15) is 9.59 Å². The van der Waals surface area contributed by atoms with Crippen LogP contribution in [0.5, 0.6) is 0 Å². The first kappa shape index (κ1) is 28.4. The highest BCUT2D eigenvalue weighted by atomic mass is 79.9. The highest BCUT2D eigenvalue weighted by Gasteiger charge is 2.24. The van der Waals surface area contributed by atoms with Crippen molar-refractivity contribution in [3.05, 3.63) is 65.0 Å². The fourth-order valence-electron chi connectivity index (χ4n) is 3.93. The van der Waals surface area contributed by atoms with Crippen molar-refractivity contribution >= 4 is 87.4 Å². The minimum absolute atomic E-state index is 0.205. The van der Waals surface area contributed by atoms with Crippen LogP contribution in [0.15, 0.2) is 36.5 Å². The predicted molar refractivity (Wildman–Crippen MR) is 158 cm³/mol. The molecular formula is C22H24Br4N10O2. The van der Waals surface area contributed by atoms with Gasteiger partial charge in [0, 0.05) is 30.4 Å². The zero-order valence-electron chi connectivity index (χ0n) is 19.7. The van der Waals surface area contributed by atoms with Crippen molar-refractivity contribution in [2.75, 3.05) is 24.6 Å². The molecule has 16 heteroatoms. The van der Waals surface area contributed by atoms with Gasteiger partial charge in [-0.1, -0.05) is 0 Å². The Bertz CT molecular complexity index is 1400. The van der Waals surface area contributed by atoms with Gasteiger partial charge in [-0.25, -0.2) is 9.97 Å². The van der Waals surface area contributed by atoms with Crippen LogP contribution in [-0.4, -0.2) is 54.8 Å². The Morgan fingerprint density at radius 2 is 1.47 bits per heavy atom. The van der Waals surface area contributed by atoms with Crippen molar-refractivity contribution in [3.8, 4) is 0 Å². The van der Waals surface area contributed by atoms with Gasteiger partial charge in [-0.05, 0) is 95.1 Å². The number of rotatable bonds is 11. The summed E-state index contributed by atoms with van der Waals surface area (Å²) in [5.41, 5.74) is 15.1. The van der Waals surface area contributed by atoms with Crippen LogP contribution in [0, 0.1) is 0 Å². The summed E-state index contributed by atoms with van der Waals surface area (Å²) in [5.74, 6) is -0.136. The monoisotopic (exact) mass is 776 g/mol. The highest BCUT2D eigenvalue weighted by molar-refractivity contribution is 9.13. The molecule has 0 spiro atoms. The van der Waals surface area contributed by atoms with Crippen LogP contribution in [0.3, 0.4) is 0 Å². The lowest BCUT2D eigenvalue weighted by molar-refractivity contribution is 0.0940. The van der Waals surface area contributed by atoms with Gasteiger partial charge in [0.25, 0.3) is 11.8 Å². The van der Waals surface area contributed by atoms with E-state index in [0.717, 1.165) is 26.0 Å². The van der Waals surface area contributed by atoms with Gasteiger partial charge in [-0.2, -0.15) is 0 Å². The van der Waals surface area contributed by atoms with E-state index in [1.165, 1.54) is 0 Å². The van der Waals surface area contributed by atoms with Gasteiger partial charge in [0.2, 0.25) is 0 Å². The number of nitrogens with two attached hydrogens (primary N) is 2. The number of nitrogen functional groups attached to an aromatic ring is 2. The van der Waals surface area contributed by atoms with Crippen LogP contribution in [-0.2, 0) is 6.42 Å². The fourth-order valence-corrected chi connectivity index (χ4v) is 5.24. The second-order valence-corrected chi connectivity index (χ2v) is 11.7. The SMILES string of the molecule is Nc1ncc([C@H](CCNC(=O)c2cc(Br)c(Br)[nH]2)c2nc(N)[nH]c2CCCNC(=O)c2cc(Br)c(Br)[nH]2)[nH]1. The summed E-state index contributed by atoms with van der Waals surface area (Å²) in [7, 11) is 0. The molecular weight excluding hydrogens is 756 g/mol. The molecule has 0 aliphatic rings. The molecule has 0 aliphatic carbocycles. The van der Waals surface area contributed by atoms with Gasteiger partial charge in [0.05, 0.1) is 30.0 Å². The van der Waals surface area contributed by atoms with Crippen LogP contribution in [0.1, 0.15) is 56.8 Å². The molecule has 0 bridgehead atoms. The third kappa shape index (κ3) is 6.90. The number of aromatic amines is 4. The standard InChI is InChI=1S/C22H24Br4N10O2/c23-10-6-13(32-17(10)25)19(37)29-4-1-2-12-16(36-22(28)34-12)9(15-8-31-21(27)35-15)3-5-30-20(38)14-7-11(24)18(26)33-14/h6-9,32-33H,1-5H2,(H,29,37)(H,30,38)(H3,27,31,35)(H3,28,34,36)/t9-/m0/s1. The maximum atomic E-state index is 12.6. The van der Waals surface area contributed by atoms with Crippen LogP contribution in [0.2, 0.25) is 0 Å². The summed E-state index contributed by atoms with van der Waals surface area (Å²) in [5, 5.41) is 5.83. The number of imidazole rings is 2. The van der Waals surface area contributed by atoms with Crippen LogP contribution in [0.4, 0.5) is 11.9 Å². The summed E-state index contributed by atoms with van der Waals surface area (Å²) in [4.78, 5) is 45.8. The molecule has 4 rings (SSSR count). The largest absolute Gasteiger partial charge is 0.369 e. The molecule has 202 valence electrons. The summed E-state index contributed by atoms with van der Waals surface area (Å²) in [6, 6.07) is 3.41. The maximum Gasteiger partial charge on any atom is 0.267 e. The maximum absolute atomic E-state index is 12.6. The molecule has 4 aromatic rings. The van der Waals surface area contributed by atoms with E-state index in [1.807, 2.05) is 0 Å². The van der Waals surface area contributed by atoms with Crippen molar-refractivity contribution in [2.45, 2.75) is 25.2 Å². The van der Waals surface area contributed by atoms with Gasteiger partial charge < -0.3 is 42.0 Å². The zero-order valence-corrected chi connectivity index (χ0v) is 26.1. The van der Waals surface area contributed by atoms with Crippen LogP contribution >= 0.6 is 63.7 Å². The molecule has 4 heterocycles. The Morgan fingerprint density at radius 3 is 2.00 bits per heavy atom. The quantitative estimate of drug-likeness (QED) is 0.104. The summed E-state index contributed by atoms with van der Waals surface area (Å²) < 4.78 is 2.93. The lowest BCUT2D eigenvalue weighted by atomic mass is 9.95. The Hall–Kier alpha value is -2.56. The lowest BCUT2D eigenvalue weighted by Crippen LogP contribution is -2.26. The second kappa shape index (κ2) is 12.5. The van der Waals surface area contributed by atoms with E-state index in [-0.39, 0.29) is 29.6 Å². The summed E-state index contributed by atoms with van der Waals surface area (Å²) in [6.07, 6.45) is 3.41. The average molecular weight is 780 g/mol. The Morgan fingerprint density at radius 1 is 0.868 bits per heavy atom. The van der Waals surface area contributed by atoms with Gasteiger partial charge >= 0.3 is 0 Å². The minimum Gasteiger partial charge on any atom is -0.369 e. The smallest absolute Gasteiger partial charge is 0.267 e. The molecule has 0 radical (unpaired) electrons. The van der Waals surface area contributed by atoms with Gasteiger partial charge in [0.15, 0.2) is 11.9 Å². The molecule has 0 aromatic carbocycles. The summed E-state index contributed by atoms with van der Waals surface area (Å²) in [6.45, 7) is 0.810. The Balaban J connectivity index is 1.40. The molecule has 38 heavy (non-hydrogen) atoms. The third-order valence-electron chi connectivity index (χ3n) is 5.70. The highest BCUT2D eigenvalue weighted by Crippen LogP contribution is 2.30. The fraction of sp³-hybridized carbons (Fsp3) is 0.273. The lowest BCUT2D eigenvalue weighted by Gasteiger charge is -2.16. The molecule has 12 nitrogen and oxygen atoms in total. The van der Waals surface area contributed by atoms with E-state index in [2.05, 4.69) is 104 Å². The number of anilines is 2. The molecule has 0 aliphatic heterocycles. The number of H-pyrrole nitrogens is 4. The number of aryl methyl sites for hydroxylation is 1. The number of nitrogens with zero attached hydrogens (tertiary/aromatic N) is 2. The van der Waals surface area contributed by atoms with E-state index in [4.69, 9.17) is 11.5 Å². The number of aromatic nitrogens is 6. The third-order valence-corrected chi connectivity index (χ3v) is 9.26. The molecule has 1 atom stereocenters. The first-order valence-electron chi connectivity index (χ1n) is 11.4. The topological polar surface area (TPSA) is 199 Å². The molecule has 0 fully saturated rings. The number of amides is 2. The van der Waals surface area contributed by atoms with Gasteiger partial charge in [-0.15, -0.1) is 0 Å². The van der Waals surface area contributed by atoms with Crippen molar-refractivity contribution in [3.63, 3.8) is 0 Å². The average Bonchev–Trinajstić information content (AvgIpc) is 3.63.